The molecule has 7 rings (SSSR count). The normalized spacial score (nSPS) is 20.7. The van der Waals surface area contributed by atoms with E-state index in [1.54, 1.807) is 11.8 Å². The van der Waals surface area contributed by atoms with Crippen molar-refractivity contribution in [2.24, 2.45) is 23.5 Å². The Morgan fingerprint density at radius 3 is 2.43 bits per heavy atom. The third-order valence-corrected chi connectivity index (χ3v) is 9.97. The topological polar surface area (TPSA) is 162 Å². The molecule has 1 saturated heterocycles. The number of ether oxygens (including phenoxy) is 2. The fourth-order valence-electron chi connectivity index (χ4n) is 7.13. The minimum atomic E-state index is -0.894. The van der Waals surface area contributed by atoms with Crippen molar-refractivity contribution in [3.8, 4) is 5.75 Å². The van der Waals surface area contributed by atoms with E-state index in [0.29, 0.717) is 61.2 Å². The summed E-state index contributed by atoms with van der Waals surface area (Å²) < 4.78 is 32.3. The predicted octanol–water partition coefficient (Wildman–Crippen LogP) is 4.64. The maximum absolute atomic E-state index is 15.5. The first-order chi connectivity index (χ1) is 22.7. The third-order valence-electron chi connectivity index (χ3n) is 9.97. The van der Waals surface area contributed by atoms with Gasteiger partial charge >= 0.3 is 6.09 Å². The molecule has 3 aromatic rings. The maximum atomic E-state index is 15.5. The molecule has 2 aromatic carbocycles. The number of halogens is 1. The highest BCUT2D eigenvalue weighted by atomic mass is 19.1. The monoisotopic (exact) mass is 646 g/mol. The Balaban J connectivity index is 1.04. The Labute approximate surface area is 271 Å². The summed E-state index contributed by atoms with van der Waals surface area (Å²) in [7, 11) is 0. The summed E-state index contributed by atoms with van der Waals surface area (Å²) in [4.78, 5) is 41.4. The average Bonchev–Trinajstić information content (AvgIpc) is 4.01. The zero-order valence-corrected chi connectivity index (χ0v) is 26.2. The van der Waals surface area contributed by atoms with Gasteiger partial charge in [-0.15, -0.1) is 0 Å². The first-order valence-electron chi connectivity index (χ1n) is 16.3. The summed E-state index contributed by atoms with van der Waals surface area (Å²) >= 11 is 0. The van der Waals surface area contributed by atoms with Crippen LogP contribution in [0.1, 0.15) is 78.3 Å². The number of amides is 3. The number of anilines is 1. The van der Waals surface area contributed by atoms with Crippen molar-refractivity contribution in [3.63, 3.8) is 0 Å². The zero-order chi connectivity index (χ0) is 32.7. The minimum Gasteiger partial charge on any atom is -0.487 e. The highest BCUT2D eigenvalue weighted by molar-refractivity contribution is 6.01. The Bertz CT molecular complexity index is 1640. The molecule has 13 heteroatoms. The summed E-state index contributed by atoms with van der Waals surface area (Å²) in [5.74, 6) is -0.764. The van der Waals surface area contributed by atoms with Gasteiger partial charge in [0.1, 0.15) is 35.5 Å². The highest BCUT2D eigenvalue weighted by Gasteiger charge is 2.49. The molecule has 0 bridgehead atoms. The Kier molecular flexibility index (Phi) is 8.33. The van der Waals surface area contributed by atoms with E-state index in [1.807, 2.05) is 30.3 Å². The molecule has 3 fully saturated rings. The lowest BCUT2D eigenvalue weighted by Crippen LogP contribution is -2.52. The molecule has 2 atom stereocenters. The van der Waals surface area contributed by atoms with Crippen LogP contribution in [0.25, 0.3) is 0 Å². The third kappa shape index (κ3) is 6.67. The predicted molar refractivity (Wildman–Crippen MR) is 167 cm³/mol. The van der Waals surface area contributed by atoms with E-state index in [2.05, 4.69) is 20.9 Å². The number of nitrogens with two attached hydrogens (primary N) is 1. The largest absolute Gasteiger partial charge is 0.487 e. The van der Waals surface area contributed by atoms with Crippen molar-refractivity contribution in [3.05, 3.63) is 70.8 Å². The Morgan fingerprint density at radius 1 is 1.09 bits per heavy atom. The second kappa shape index (κ2) is 12.6. The summed E-state index contributed by atoms with van der Waals surface area (Å²) in [5.41, 5.74) is 7.61. The van der Waals surface area contributed by atoms with E-state index in [-0.39, 0.29) is 30.0 Å². The van der Waals surface area contributed by atoms with Crippen LogP contribution in [-0.2, 0) is 16.1 Å². The van der Waals surface area contributed by atoms with E-state index in [1.165, 1.54) is 12.1 Å². The van der Waals surface area contributed by atoms with Crippen LogP contribution in [0.5, 0.6) is 5.75 Å². The molecule has 248 valence electrons. The number of aromatic nitrogens is 2. The van der Waals surface area contributed by atoms with E-state index in [4.69, 9.17) is 19.8 Å². The molecule has 3 amide bonds. The Hall–Kier alpha value is -4.52. The van der Waals surface area contributed by atoms with Crippen LogP contribution < -0.4 is 21.1 Å². The average molecular weight is 647 g/mol. The standard InChI is InChI=1S/C34H39FN6O6/c1-19-29(40-47-39-19)31(42)38-30(28(21-7-8-21)22-9-10-22)32(43)37-26-16-27-23(15-24(26)35)25(36)17-34(46-27)11-13-41(14-12-34)33(44)45-18-20-5-3-2-4-6-20/h2-6,15-16,21-22,25,28,30H,7-14,17-18,36H2,1H3,(H,37,43)(H,38,42)/t25?,30-/m0/s1. The number of benzene rings is 2. The van der Waals surface area contributed by atoms with Gasteiger partial charge < -0.3 is 30.7 Å². The second-order valence-corrected chi connectivity index (χ2v) is 13.4. The molecule has 1 aromatic heterocycles. The number of carbonyl (C=O) groups excluding carboxylic acids is 3. The molecule has 0 radical (unpaired) electrons. The molecule has 47 heavy (non-hydrogen) atoms. The molecule has 1 unspecified atom stereocenters. The number of aryl methyl sites for hydroxylation is 1. The summed E-state index contributed by atoms with van der Waals surface area (Å²) in [5, 5.41) is 13.0. The summed E-state index contributed by atoms with van der Waals surface area (Å²) in [6, 6.07) is 10.9. The van der Waals surface area contributed by atoms with Gasteiger partial charge in [0.05, 0.1) is 5.69 Å². The number of rotatable bonds is 9. The van der Waals surface area contributed by atoms with Crippen LogP contribution in [0.4, 0.5) is 14.9 Å². The number of nitrogens with one attached hydrogen (secondary N) is 2. The molecule has 12 nitrogen and oxygen atoms in total. The van der Waals surface area contributed by atoms with Gasteiger partial charge in [0.2, 0.25) is 5.91 Å². The van der Waals surface area contributed by atoms with Crippen LogP contribution in [0.3, 0.4) is 0 Å². The van der Waals surface area contributed by atoms with Crippen molar-refractivity contribution >= 4 is 23.6 Å². The Morgan fingerprint density at radius 2 is 1.79 bits per heavy atom. The summed E-state index contributed by atoms with van der Waals surface area (Å²) in [6.07, 6.45) is 5.05. The van der Waals surface area contributed by atoms with Crippen molar-refractivity contribution in [1.29, 1.82) is 0 Å². The molecule has 2 saturated carbocycles. The molecule has 4 aliphatic rings. The smallest absolute Gasteiger partial charge is 0.410 e. The first kappa shape index (κ1) is 31.1. The molecule has 2 aliphatic heterocycles. The van der Waals surface area contributed by atoms with Gasteiger partial charge in [-0.1, -0.05) is 35.5 Å². The van der Waals surface area contributed by atoms with Crippen molar-refractivity contribution in [2.75, 3.05) is 18.4 Å². The first-order valence-corrected chi connectivity index (χ1v) is 16.3. The highest BCUT2D eigenvalue weighted by Crippen LogP contribution is 2.51. The van der Waals surface area contributed by atoms with Gasteiger partial charge in [-0.25, -0.2) is 13.8 Å². The van der Waals surface area contributed by atoms with Crippen molar-refractivity contribution in [1.82, 2.24) is 20.5 Å². The van der Waals surface area contributed by atoms with Crippen LogP contribution in [-0.4, -0.2) is 57.9 Å². The van der Waals surface area contributed by atoms with Gasteiger partial charge in [-0.05, 0) is 67.1 Å². The molecule has 1 spiro atoms. The quantitative estimate of drug-likeness (QED) is 0.301. The molecular formula is C34H39FN6O6. The van der Waals surface area contributed by atoms with E-state index < -0.39 is 35.3 Å². The number of carbonyl (C=O) groups is 3. The zero-order valence-electron chi connectivity index (χ0n) is 26.2. The molecule has 3 heterocycles. The van der Waals surface area contributed by atoms with Gasteiger partial charge in [0.25, 0.3) is 5.91 Å². The second-order valence-electron chi connectivity index (χ2n) is 13.4. The van der Waals surface area contributed by atoms with Gasteiger partial charge in [0.15, 0.2) is 5.69 Å². The lowest BCUT2D eigenvalue weighted by molar-refractivity contribution is -0.119. The van der Waals surface area contributed by atoms with Gasteiger partial charge in [-0.3, -0.25) is 9.59 Å². The number of hydrogen-bond acceptors (Lipinski definition) is 9. The molecular weight excluding hydrogens is 607 g/mol. The lowest BCUT2D eigenvalue weighted by Gasteiger charge is -2.46. The molecule has 4 N–H and O–H groups in total. The van der Waals surface area contributed by atoms with E-state index in [9.17, 15) is 14.4 Å². The van der Waals surface area contributed by atoms with E-state index >= 15 is 4.39 Å². The minimum absolute atomic E-state index is 0.0105. The SMILES string of the molecule is Cc1nonc1C(=O)N[C@H](C(=O)Nc1cc2c(cc1F)C(N)CC1(CCN(C(=O)OCc3ccccc3)CC1)O2)C(C1CC1)C1CC1. The van der Waals surface area contributed by atoms with E-state index in [0.717, 1.165) is 31.2 Å². The van der Waals surface area contributed by atoms with Crippen LogP contribution in [0.15, 0.2) is 47.1 Å². The number of likely N-dealkylation sites (tertiary alicyclic amines) is 1. The number of hydrogen-bond donors (Lipinski definition) is 3. The van der Waals surface area contributed by atoms with Gasteiger partial charge in [0, 0.05) is 50.0 Å². The van der Waals surface area contributed by atoms with Crippen LogP contribution in [0.2, 0.25) is 0 Å². The van der Waals surface area contributed by atoms with Crippen molar-refractivity contribution in [2.45, 2.75) is 76.2 Å². The number of nitrogens with zero attached hydrogens (tertiary/aromatic N) is 3. The van der Waals surface area contributed by atoms with Crippen molar-refractivity contribution < 1.29 is 32.9 Å². The summed E-state index contributed by atoms with van der Waals surface area (Å²) in [6.45, 7) is 2.64. The molecule has 2 aliphatic carbocycles. The van der Waals surface area contributed by atoms with Crippen LogP contribution in [0, 0.1) is 30.5 Å². The maximum Gasteiger partial charge on any atom is 0.410 e. The fourth-order valence-corrected chi connectivity index (χ4v) is 7.13. The number of piperidine rings is 1. The lowest BCUT2D eigenvalue weighted by atomic mass is 9.81. The fraction of sp³-hybridized carbons (Fsp3) is 0.500. The van der Waals surface area contributed by atoms with Gasteiger partial charge in [-0.2, -0.15) is 0 Å². The number of fused-ring (bicyclic) bond motifs is 1. The van der Waals surface area contributed by atoms with Crippen LogP contribution >= 0.6 is 0 Å².